The van der Waals surface area contributed by atoms with E-state index in [1.807, 2.05) is 0 Å². The fourth-order valence-electron chi connectivity index (χ4n) is 3.12. The number of halogens is 2. The molecular weight excluding hydrogens is 234 g/mol. The van der Waals surface area contributed by atoms with E-state index in [-0.39, 0.29) is 23.6 Å². The Balaban J connectivity index is 1.97. The Hall–Kier alpha value is -1.00. The molecule has 2 fully saturated rings. The molecule has 1 aliphatic heterocycles. The zero-order valence-electron chi connectivity index (χ0n) is 10.3. The summed E-state index contributed by atoms with van der Waals surface area (Å²) >= 11 is 0. The molecule has 0 bridgehead atoms. The van der Waals surface area contributed by atoms with Crippen molar-refractivity contribution in [3.8, 4) is 0 Å². The van der Waals surface area contributed by atoms with Gasteiger partial charge in [0, 0.05) is 17.6 Å². The average Bonchev–Trinajstić information content (AvgIpc) is 3.12. The second kappa shape index (κ2) is 4.59. The Kier molecular flexibility index (Phi) is 3.08. The maximum atomic E-state index is 14.0. The zero-order valence-corrected chi connectivity index (χ0v) is 10.3. The summed E-state index contributed by atoms with van der Waals surface area (Å²) in [4.78, 5) is 2.31. The average molecular weight is 252 g/mol. The molecule has 1 aliphatic carbocycles. The van der Waals surface area contributed by atoms with Crippen LogP contribution in [0.15, 0.2) is 18.2 Å². The van der Waals surface area contributed by atoms with E-state index in [1.165, 1.54) is 31.0 Å². The van der Waals surface area contributed by atoms with Gasteiger partial charge in [-0.1, -0.05) is 0 Å². The molecule has 2 unspecified atom stereocenters. The molecule has 1 saturated carbocycles. The van der Waals surface area contributed by atoms with Crippen LogP contribution in [0.1, 0.15) is 30.9 Å². The van der Waals surface area contributed by atoms with Gasteiger partial charge in [0.15, 0.2) is 0 Å². The van der Waals surface area contributed by atoms with Gasteiger partial charge < -0.3 is 5.73 Å². The monoisotopic (exact) mass is 252 g/mol. The lowest BCUT2D eigenvalue weighted by molar-refractivity contribution is 0.215. The standard InChI is InChI=1S/C14H18F2N2/c15-10-1-4-13(16)12(7-10)14-9(8-17)5-6-18(14)11-2-3-11/h1,4,7,9,11,14H,2-3,5-6,8,17H2. The summed E-state index contributed by atoms with van der Waals surface area (Å²) in [5, 5.41) is 0. The van der Waals surface area contributed by atoms with Crippen LogP contribution in [-0.4, -0.2) is 24.0 Å². The molecule has 1 aromatic carbocycles. The minimum Gasteiger partial charge on any atom is -0.330 e. The largest absolute Gasteiger partial charge is 0.330 e. The molecule has 98 valence electrons. The Bertz CT molecular complexity index is 445. The summed E-state index contributed by atoms with van der Waals surface area (Å²) < 4.78 is 27.3. The van der Waals surface area contributed by atoms with Gasteiger partial charge in [-0.05, 0) is 56.5 Å². The van der Waals surface area contributed by atoms with Crippen LogP contribution < -0.4 is 5.73 Å². The maximum absolute atomic E-state index is 14.0. The minimum atomic E-state index is -0.371. The first-order valence-electron chi connectivity index (χ1n) is 6.61. The van der Waals surface area contributed by atoms with Crippen LogP contribution in [-0.2, 0) is 0 Å². The first-order valence-corrected chi connectivity index (χ1v) is 6.61. The molecule has 3 rings (SSSR count). The first kappa shape index (κ1) is 12.1. The Labute approximate surface area is 106 Å². The van der Waals surface area contributed by atoms with Crippen molar-refractivity contribution >= 4 is 0 Å². The first-order chi connectivity index (χ1) is 8.70. The van der Waals surface area contributed by atoms with Gasteiger partial charge in [-0.2, -0.15) is 0 Å². The second-order valence-corrected chi connectivity index (χ2v) is 5.36. The predicted octanol–water partition coefficient (Wildman–Crippen LogP) is 2.45. The van der Waals surface area contributed by atoms with E-state index in [1.54, 1.807) is 0 Å². The fraction of sp³-hybridized carbons (Fsp3) is 0.571. The highest BCUT2D eigenvalue weighted by molar-refractivity contribution is 5.25. The van der Waals surface area contributed by atoms with E-state index in [9.17, 15) is 8.78 Å². The van der Waals surface area contributed by atoms with Crippen molar-refractivity contribution in [2.75, 3.05) is 13.1 Å². The summed E-state index contributed by atoms with van der Waals surface area (Å²) in [5.41, 5.74) is 6.27. The number of nitrogens with zero attached hydrogens (tertiary/aromatic N) is 1. The van der Waals surface area contributed by atoms with Gasteiger partial charge in [0.25, 0.3) is 0 Å². The van der Waals surface area contributed by atoms with Gasteiger partial charge in [-0.15, -0.1) is 0 Å². The lowest BCUT2D eigenvalue weighted by Crippen LogP contribution is -2.30. The number of hydrogen-bond donors (Lipinski definition) is 1. The number of rotatable bonds is 3. The van der Waals surface area contributed by atoms with Crippen molar-refractivity contribution in [3.63, 3.8) is 0 Å². The van der Waals surface area contributed by atoms with Gasteiger partial charge in [-0.3, -0.25) is 4.90 Å². The molecule has 2 atom stereocenters. The smallest absolute Gasteiger partial charge is 0.128 e. The molecule has 2 aliphatic rings. The van der Waals surface area contributed by atoms with Gasteiger partial charge in [-0.25, -0.2) is 8.78 Å². The molecule has 1 saturated heterocycles. The summed E-state index contributed by atoms with van der Waals surface area (Å²) in [7, 11) is 0. The van der Waals surface area contributed by atoms with Crippen molar-refractivity contribution < 1.29 is 8.78 Å². The van der Waals surface area contributed by atoms with Crippen molar-refractivity contribution in [1.29, 1.82) is 0 Å². The molecule has 0 radical (unpaired) electrons. The summed E-state index contributed by atoms with van der Waals surface area (Å²) in [6, 6.07) is 4.24. The van der Waals surface area contributed by atoms with Gasteiger partial charge in [0.1, 0.15) is 11.6 Å². The van der Waals surface area contributed by atoms with Crippen LogP contribution in [0.25, 0.3) is 0 Å². The second-order valence-electron chi connectivity index (χ2n) is 5.36. The molecule has 1 heterocycles. The maximum Gasteiger partial charge on any atom is 0.128 e. The fourth-order valence-corrected chi connectivity index (χ4v) is 3.12. The Morgan fingerprint density at radius 3 is 2.67 bits per heavy atom. The Morgan fingerprint density at radius 1 is 1.22 bits per heavy atom. The number of hydrogen-bond acceptors (Lipinski definition) is 2. The molecule has 2 N–H and O–H groups in total. The molecule has 18 heavy (non-hydrogen) atoms. The molecule has 0 aromatic heterocycles. The number of benzene rings is 1. The third-order valence-electron chi connectivity index (χ3n) is 4.16. The lowest BCUT2D eigenvalue weighted by Gasteiger charge is -2.28. The number of likely N-dealkylation sites (tertiary alicyclic amines) is 1. The van der Waals surface area contributed by atoms with E-state index in [0.29, 0.717) is 18.2 Å². The predicted molar refractivity (Wildman–Crippen MR) is 66.0 cm³/mol. The highest BCUT2D eigenvalue weighted by atomic mass is 19.1. The minimum absolute atomic E-state index is 0.0433. The van der Waals surface area contributed by atoms with E-state index < -0.39 is 0 Å². The molecule has 1 aromatic rings. The van der Waals surface area contributed by atoms with Crippen molar-refractivity contribution in [2.24, 2.45) is 11.7 Å². The third kappa shape index (κ3) is 2.04. The van der Waals surface area contributed by atoms with Crippen LogP contribution in [0.5, 0.6) is 0 Å². The molecular formula is C14H18F2N2. The van der Waals surface area contributed by atoms with Gasteiger partial charge >= 0.3 is 0 Å². The molecule has 2 nitrogen and oxygen atoms in total. The normalized spacial score (nSPS) is 28.8. The van der Waals surface area contributed by atoms with E-state index >= 15 is 0 Å². The summed E-state index contributed by atoms with van der Waals surface area (Å²) in [6.07, 6.45) is 3.32. The van der Waals surface area contributed by atoms with Crippen LogP contribution >= 0.6 is 0 Å². The van der Waals surface area contributed by atoms with Crippen molar-refractivity contribution in [2.45, 2.75) is 31.3 Å². The quantitative estimate of drug-likeness (QED) is 0.895. The van der Waals surface area contributed by atoms with Crippen LogP contribution in [0, 0.1) is 17.6 Å². The van der Waals surface area contributed by atoms with E-state index in [0.717, 1.165) is 13.0 Å². The van der Waals surface area contributed by atoms with Crippen LogP contribution in [0.4, 0.5) is 8.78 Å². The lowest BCUT2D eigenvalue weighted by atomic mass is 9.93. The van der Waals surface area contributed by atoms with Crippen LogP contribution in [0.3, 0.4) is 0 Å². The summed E-state index contributed by atoms with van der Waals surface area (Å²) in [5.74, 6) is -0.445. The number of nitrogens with two attached hydrogens (primary N) is 1. The molecule has 0 amide bonds. The van der Waals surface area contributed by atoms with E-state index in [4.69, 9.17) is 5.73 Å². The summed E-state index contributed by atoms with van der Waals surface area (Å²) in [6.45, 7) is 1.48. The molecule has 0 spiro atoms. The van der Waals surface area contributed by atoms with Crippen molar-refractivity contribution in [3.05, 3.63) is 35.4 Å². The van der Waals surface area contributed by atoms with Crippen LogP contribution in [0.2, 0.25) is 0 Å². The topological polar surface area (TPSA) is 29.3 Å². The third-order valence-corrected chi connectivity index (χ3v) is 4.16. The van der Waals surface area contributed by atoms with E-state index in [2.05, 4.69) is 4.90 Å². The van der Waals surface area contributed by atoms with Gasteiger partial charge in [0.05, 0.1) is 0 Å². The molecule has 4 heteroatoms. The highest BCUT2D eigenvalue weighted by Gasteiger charge is 2.43. The van der Waals surface area contributed by atoms with Gasteiger partial charge in [0.2, 0.25) is 0 Å². The van der Waals surface area contributed by atoms with Crippen molar-refractivity contribution in [1.82, 2.24) is 4.90 Å². The SMILES string of the molecule is NCC1CCN(C2CC2)C1c1cc(F)ccc1F. The Morgan fingerprint density at radius 2 is 2.00 bits per heavy atom. The highest BCUT2D eigenvalue weighted by Crippen LogP contribution is 2.44. The zero-order chi connectivity index (χ0) is 12.7.